The van der Waals surface area contributed by atoms with Crippen molar-refractivity contribution in [3.05, 3.63) is 71.4 Å². The van der Waals surface area contributed by atoms with Crippen molar-refractivity contribution in [3.63, 3.8) is 0 Å². The Morgan fingerprint density at radius 3 is 2.51 bits per heavy atom. The van der Waals surface area contributed by atoms with E-state index in [2.05, 4.69) is 70.8 Å². The van der Waals surface area contributed by atoms with Crippen molar-refractivity contribution < 1.29 is 9.59 Å². The minimum atomic E-state index is -0.642. The fourth-order valence-corrected chi connectivity index (χ4v) is 5.24. The molecule has 37 heavy (non-hydrogen) atoms. The van der Waals surface area contributed by atoms with Crippen LogP contribution in [-0.2, 0) is 16.9 Å². The number of amides is 2. The third kappa shape index (κ3) is 5.27. The molecule has 2 amide bonds. The summed E-state index contributed by atoms with van der Waals surface area (Å²) in [6, 6.07) is 19.3. The molecule has 3 N–H and O–H groups in total. The van der Waals surface area contributed by atoms with Crippen molar-refractivity contribution in [2.24, 2.45) is 11.7 Å². The molecule has 1 aromatic heterocycles. The van der Waals surface area contributed by atoms with Crippen LogP contribution < -0.4 is 11.1 Å². The Morgan fingerprint density at radius 1 is 1.16 bits per heavy atom. The molecule has 8 nitrogen and oxygen atoms in total. The minimum Gasteiger partial charge on any atom is -0.365 e. The number of nitrogens with two attached hydrogens (primary N) is 1. The van der Waals surface area contributed by atoms with E-state index in [1.807, 2.05) is 6.07 Å². The second kappa shape index (κ2) is 10.2. The van der Waals surface area contributed by atoms with Crippen LogP contribution in [0.25, 0.3) is 11.1 Å². The maximum atomic E-state index is 12.3. The first-order valence-electron chi connectivity index (χ1n) is 12.8. The van der Waals surface area contributed by atoms with Gasteiger partial charge in [0.1, 0.15) is 5.56 Å². The van der Waals surface area contributed by atoms with Crippen LogP contribution in [0, 0.1) is 24.2 Å². The number of anilines is 1. The molecule has 8 heteroatoms. The Balaban J connectivity index is 1.30. The van der Waals surface area contributed by atoms with Crippen LogP contribution in [0.1, 0.15) is 53.6 Å². The van der Waals surface area contributed by atoms with E-state index >= 15 is 0 Å². The van der Waals surface area contributed by atoms with Crippen LogP contribution in [-0.4, -0.2) is 39.6 Å². The summed E-state index contributed by atoms with van der Waals surface area (Å²) in [6.07, 6.45) is 4.97. The number of nitrogens with zero attached hydrogens (tertiary/aromatic N) is 4. The van der Waals surface area contributed by atoms with Gasteiger partial charge < -0.3 is 11.1 Å². The van der Waals surface area contributed by atoms with Gasteiger partial charge in [0.15, 0.2) is 5.82 Å². The highest BCUT2D eigenvalue weighted by atomic mass is 16.2. The molecule has 1 saturated carbocycles. The Bertz CT molecular complexity index is 1340. The number of carbonyl (C=O) groups excluding carboxylic acids is 2. The first-order chi connectivity index (χ1) is 17.9. The third-order valence-corrected chi connectivity index (χ3v) is 7.63. The molecule has 3 aromatic rings. The van der Waals surface area contributed by atoms with E-state index in [0.29, 0.717) is 12.8 Å². The van der Waals surface area contributed by atoms with Crippen molar-refractivity contribution in [1.82, 2.24) is 14.7 Å². The van der Waals surface area contributed by atoms with E-state index < -0.39 is 11.4 Å². The molecule has 1 saturated heterocycles. The summed E-state index contributed by atoms with van der Waals surface area (Å²) in [5.41, 5.74) is 10.2. The Labute approximate surface area is 217 Å². The van der Waals surface area contributed by atoms with Crippen molar-refractivity contribution in [2.75, 3.05) is 18.4 Å². The fraction of sp³-hybridized carbons (Fsp3) is 0.379. The van der Waals surface area contributed by atoms with Gasteiger partial charge >= 0.3 is 0 Å². The molecule has 2 fully saturated rings. The van der Waals surface area contributed by atoms with Gasteiger partial charge in [0.05, 0.1) is 18.0 Å². The zero-order valence-corrected chi connectivity index (χ0v) is 21.1. The normalized spacial score (nSPS) is 17.2. The number of rotatable bonds is 8. The zero-order chi connectivity index (χ0) is 26.0. The highest BCUT2D eigenvalue weighted by molar-refractivity contribution is 6.02. The van der Waals surface area contributed by atoms with Crippen molar-refractivity contribution >= 4 is 17.6 Å². The summed E-state index contributed by atoms with van der Waals surface area (Å²) in [5, 5.41) is 17.0. The Hall–Kier alpha value is -3.96. The molecule has 2 heterocycles. The SMILES string of the molecule is Cc1cc(CN2CCC(CC#N)(n3cc(C(N)=O)c(NC(=O)C4CC4)n3)CC2)ccc1-c1ccccc1. The number of primary amides is 1. The van der Waals surface area contributed by atoms with E-state index in [0.717, 1.165) is 32.5 Å². The van der Waals surface area contributed by atoms with Crippen LogP contribution >= 0.6 is 0 Å². The van der Waals surface area contributed by atoms with Gasteiger partial charge in [0.25, 0.3) is 5.91 Å². The summed E-state index contributed by atoms with van der Waals surface area (Å²) in [4.78, 5) is 26.8. The van der Waals surface area contributed by atoms with E-state index in [1.165, 1.54) is 22.3 Å². The number of aryl methyl sites for hydroxylation is 1. The van der Waals surface area contributed by atoms with Crippen molar-refractivity contribution in [1.29, 1.82) is 5.26 Å². The zero-order valence-electron chi connectivity index (χ0n) is 21.1. The number of benzene rings is 2. The van der Waals surface area contributed by atoms with Gasteiger partial charge in [0, 0.05) is 31.7 Å². The van der Waals surface area contributed by atoms with Gasteiger partial charge in [-0.15, -0.1) is 0 Å². The van der Waals surface area contributed by atoms with E-state index in [4.69, 9.17) is 5.73 Å². The molecule has 2 aromatic carbocycles. The minimum absolute atomic E-state index is 0.0208. The predicted molar refractivity (Wildman–Crippen MR) is 141 cm³/mol. The quantitative estimate of drug-likeness (QED) is 0.484. The molecule has 5 rings (SSSR count). The number of nitrogens with one attached hydrogen (secondary N) is 1. The lowest BCUT2D eigenvalue weighted by Gasteiger charge is -2.40. The Kier molecular flexibility index (Phi) is 6.81. The van der Waals surface area contributed by atoms with Crippen LogP contribution in [0.5, 0.6) is 0 Å². The molecular weight excluding hydrogens is 464 g/mol. The number of hydrogen-bond donors (Lipinski definition) is 2. The number of nitriles is 1. The summed E-state index contributed by atoms with van der Waals surface area (Å²) < 4.78 is 1.70. The van der Waals surface area contributed by atoms with Crippen LogP contribution in [0.2, 0.25) is 0 Å². The molecule has 0 atom stereocenters. The Morgan fingerprint density at radius 2 is 1.89 bits per heavy atom. The monoisotopic (exact) mass is 496 g/mol. The van der Waals surface area contributed by atoms with Crippen molar-refractivity contribution in [2.45, 2.75) is 51.1 Å². The molecule has 0 radical (unpaired) electrons. The van der Waals surface area contributed by atoms with Gasteiger partial charge in [-0.3, -0.25) is 19.2 Å². The smallest absolute Gasteiger partial charge is 0.254 e. The maximum absolute atomic E-state index is 12.3. The van der Waals surface area contributed by atoms with Crippen molar-refractivity contribution in [3.8, 4) is 17.2 Å². The molecule has 0 unspecified atom stereocenters. The molecule has 2 aliphatic rings. The summed E-state index contributed by atoms with van der Waals surface area (Å²) in [5.74, 6) is -0.604. The maximum Gasteiger partial charge on any atom is 0.254 e. The first kappa shape index (κ1) is 24.7. The molecule has 1 aliphatic carbocycles. The van der Waals surface area contributed by atoms with Gasteiger partial charge in [-0.2, -0.15) is 10.4 Å². The largest absolute Gasteiger partial charge is 0.365 e. The van der Waals surface area contributed by atoms with Gasteiger partial charge in [-0.25, -0.2) is 0 Å². The lowest BCUT2D eigenvalue weighted by molar-refractivity contribution is -0.117. The fourth-order valence-electron chi connectivity index (χ4n) is 5.24. The topological polar surface area (TPSA) is 117 Å². The number of likely N-dealkylation sites (tertiary alicyclic amines) is 1. The highest BCUT2D eigenvalue weighted by Crippen LogP contribution is 2.36. The summed E-state index contributed by atoms with van der Waals surface area (Å²) in [6.45, 7) is 4.55. The van der Waals surface area contributed by atoms with Gasteiger partial charge in [-0.1, -0.05) is 48.5 Å². The average molecular weight is 497 g/mol. The number of carbonyl (C=O) groups is 2. The lowest BCUT2D eigenvalue weighted by Crippen LogP contribution is -2.46. The standard InChI is InChI=1S/C29H32N6O2/c1-20-17-21(7-10-24(20)22-5-3-2-4-6-22)18-34-15-12-29(11-14-30,13-16-34)35-19-25(26(31)36)27(33-35)32-28(37)23-8-9-23/h2-7,10,17,19,23H,8-9,11-13,15-16,18H2,1H3,(H2,31,36)(H,32,33,37). The molecular formula is C29H32N6O2. The van der Waals surface area contributed by atoms with E-state index in [1.54, 1.807) is 10.9 Å². The second-order valence-corrected chi connectivity index (χ2v) is 10.3. The molecule has 1 aliphatic heterocycles. The average Bonchev–Trinajstić information content (AvgIpc) is 3.66. The third-order valence-electron chi connectivity index (χ3n) is 7.63. The van der Waals surface area contributed by atoms with Gasteiger partial charge in [0.2, 0.25) is 5.91 Å². The van der Waals surface area contributed by atoms with Crippen LogP contribution in [0.3, 0.4) is 0 Å². The summed E-state index contributed by atoms with van der Waals surface area (Å²) in [7, 11) is 0. The molecule has 190 valence electrons. The number of aromatic nitrogens is 2. The lowest BCUT2D eigenvalue weighted by atomic mass is 9.84. The van der Waals surface area contributed by atoms with Gasteiger partial charge in [-0.05, 0) is 54.9 Å². The van der Waals surface area contributed by atoms with Crippen LogP contribution in [0.4, 0.5) is 5.82 Å². The second-order valence-electron chi connectivity index (χ2n) is 10.3. The van der Waals surface area contributed by atoms with Crippen LogP contribution in [0.15, 0.2) is 54.7 Å². The number of hydrogen-bond acceptors (Lipinski definition) is 5. The van der Waals surface area contributed by atoms with E-state index in [-0.39, 0.29) is 29.6 Å². The first-order valence-corrected chi connectivity index (χ1v) is 12.8. The summed E-state index contributed by atoms with van der Waals surface area (Å²) >= 11 is 0. The van der Waals surface area contributed by atoms with E-state index in [9.17, 15) is 14.9 Å². The predicted octanol–water partition coefficient (Wildman–Crippen LogP) is 4.21. The molecule has 0 bridgehead atoms. The molecule has 0 spiro atoms. The highest BCUT2D eigenvalue weighted by Gasteiger charge is 2.39. The number of piperidine rings is 1.